The summed E-state index contributed by atoms with van der Waals surface area (Å²) < 4.78 is 0. The minimum Gasteiger partial charge on any atom is -0.349 e. The van der Waals surface area contributed by atoms with Crippen LogP contribution in [0.1, 0.15) is 42.6 Å². The van der Waals surface area contributed by atoms with E-state index in [4.69, 9.17) is 0 Å². The molecule has 0 spiro atoms. The van der Waals surface area contributed by atoms with Crippen LogP contribution in [0.25, 0.3) is 0 Å². The van der Waals surface area contributed by atoms with E-state index in [0.29, 0.717) is 5.56 Å². The van der Waals surface area contributed by atoms with Gasteiger partial charge in [0.2, 0.25) is 5.91 Å². The number of rotatable bonds is 3. The second-order valence-corrected chi connectivity index (χ2v) is 6.10. The highest BCUT2D eigenvalue weighted by Crippen LogP contribution is 2.14. The Bertz CT molecular complexity index is 517. The van der Waals surface area contributed by atoms with Crippen LogP contribution in [0, 0.1) is 12.8 Å². The first-order valence-corrected chi connectivity index (χ1v) is 7.63. The average molecular weight is 288 g/mol. The number of hydrogen-bond donors (Lipinski definition) is 1. The van der Waals surface area contributed by atoms with Crippen molar-refractivity contribution in [2.24, 2.45) is 5.92 Å². The summed E-state index contributed by atoms with van der Waals surface area (Å²) >= 11 is 0. The Morgan fingerprint density at radius 2 is 1.90 bits per heavy atom. The zero-order valence-corrected chi connectivity index (χ0v) is 13.1. The quantitative estimate of drug-likeness (QED) is 0.928. The number of likely N-dealkylation sites (tertiary alicyclic amines) is 1. The SMILES string of the molecule is Cc1cccc(C(=O)NC2CCN(C(=O)C(C)C)CC2)c1. The van der Waals surface area contributed by atoms with Crippen molar-refractivity contribution in [3.63, 3.8) is 0 Å². The fourth-order valence-corrected chi connectivity index (χ4v) is 2.66. The monoisotopic (exact) mass is 288 g/mol. The number of carbonyl (C=O) groups excluding carboxylic acids is 2. The predicted octanol–water partition coefficient (Wildman–Crippen LogP) is 2.37. The third-order valence-electron chi connectivity index (χ3n) is 3.92. The van der Waals surface area contributed by atoms with Crippen LogP contribution in [-0.2, 0) is 4.79 Å². The third-order valence-corrected chi connectivity index (χ3v) is 3.92. The summed E-state index contributed by atoms with van der Waals surface area (Å²) in [6.07, 6.45) is 1.66. The van der Waals surface area contributed by atoms with Crippen molar-refractivity contribution in [2.45, 2.75) is 39.7 Å². The van der Waals surface area contributed by atoms with E-state index < -0.39 is 0 Å². The summed E-state index contributed by atoms with van der Waals surface area (Å²) in [6.45, 7) is 7.29. The first-order valence-electron chi connectivity index (χ1n) is 7.63. The molecule has 0 saturated carbocycles. The fourth-order valence-electron chi connectivity index (χ4n) is 2.66. The van der Waals surface area contributed by atoms with Gasteiger partial charge in [-0.25, -0.2) is 0 Å². The van der Waals surface area contributed by atoms with E-state index in [1.807, 2.05) is 49.9 Å². The van der Waals surface area contributed by atoms with Crippen LogP contribution in [0.15, 0.2) is 24.3 Å². The lowest BCUT2D eigenvalue weighted by Crippen LogP contribution is -2.47. The van der Waals surface area contributed by atoms with Gasteiger partial charge in [-0.3, -0.25) is 9.59 Å². The molecule has 1 aromatic rings. The minimum absolute atomic E-state index is 0.0210. The highest BCUT2D eigenvalue weighted by Gasteiger charge is 2.25. The normalized spacial score (nSPS) is 16.1. The van der Waals surface area contributed by atoms with Crippen LogP contribution in [0.4, 0.5) is 0 Å². The number of amides is 2. The van der Waals surface area contributed by atoms with Crippen LogP contribution < -0.4 is 5.32 Å². The Balaban J connectivity index is 1.86. The molecule has 1 aliphatic rings. The molecule has 4 nitrogen and oxygen atoms in total. The van der Waals surface area contributed by atoms with Crippen LogP contribution in [0.5, 0.6) is 0 Å². The van der Waals surface area contributed by atoms with Gasteiger partial charge in [0.05, 0.1) is 0 Å². The maximum atomic E-state index is 12.2. The molecule has 1 N–H and O–H groups in total. The van der Waals surface area contributed by atoms with Crippen LogP contribution >= 0.6 is 0 Å². The maximum absolute atomic E-state index is 12.2. The molecule has 1 heterocycles. The Hall–Kier alpha value is -1.84. The van der Waals surface area contributed by atoms with Crippen LogP contribution in [0.3, 0.4) is 0 Å². The number of aryl methyl sites for hydroxylation is 1. The number of carbonyl (C=O) groups is 2. The molecule has 114 valence electrons. The molecule has 4 heteroatoms. The van der Waals surface area contributed by atoms with Crippen molar-refractivity contribution in [1.29, 1.82) is 0 Å². The number of piperidine rings is 1. The minimum atomic E-state index is -0.0210. The van der Waals surface area contributed by atoms with Crippen molar-refractivity contribution in [1.82, 2.24) is 10.2 Å². The summed E-state index contributed by atoms with van der Waals surface area (Å²) in [4.78, 5) is 26.0. The summed E-state index contributed by atoms with van der Waals surface area (Å²) in [5, 5.41) is 3.07. The van der Waals surface area contributed by atoms with E-state index in [1.165, 1.54) is 0 Å². The molecule has 0 aliphatic carbocycles. The zero-order valence-electron chi connectivity index (χ0n) is 13.1. The summed E-state index contributed by atoms with van der Waals surface area (Å²) in [5.41, 5.74) is 1.79. The van der Waals surface area contributed by atoms with Gasteiger partial charge >= 0.3 is 0 Å². The Kier molecular flexibility index (Phi) is 4.99. The molecule has 0 aromatic heterocycles. The van der Waals surface area contributed by atoms with Crippen molar-refractivity contribution in [3.8, 4) is 0 Å². The Morgan fingerprint density at radius 3 is 2.48 bits per heavy atom. The molecular formula is C17H24N2O2. The standard InChI is InChI=1S/C17H24N2O2/c1-12(2)17(21)19-9-7-15(8-10-19)18-16(20)14-6-4-5-13(3)11-14/h4-6,11-12,15H,7-10H2,1-3H3,(H,18,20). The molecule has 0 radical (unpaired) electrons. The smallest absolute Gasteiger partial charge is 0.251 e. The lowest BCUT2D eigenvalue weighted by molar-refractivity contribution is -0.135. The van der Waals surface area contributed by atoms with Crippen LogP contribution in [0.2, 0.25) is 0 Å². The highest BCUT2D eigenvalue weighted by atomic mass is 16.2. The molecule has 0 unspecified atom stereocenters. The molecular weight excluding hydrogens is 264 g/mol. The second-order valence-electron chi connectivity index (χ2n) is 6.10. The van der Waals surface area contributed by atoms with Crippen molar-refractivity contribution in [2.75, 3.05) is 13.1 Å². The van der Waals surface area contributed by atoms with Gasteiger partial charge in [0.25, 0.3) is 5.91 Å². The molecule has 1 aliphatic heterocycles. The lowest BCUT2D eigenvalue weighted by Gasteiger charge is -2.33. The van der Waals surface area contributed by atoms with Gasteiger partial charge in [-0.1, -0.05) is 31.5 Å². The van der Waals surface area contributed by atoms with E-state index in [9.17, 15) is 9.59 Å². The van der Waals surface area contributed by atoms with Gasteiger partial charge in [-0.2, -0.15) is 0 Å². The topological polar surface area (TPSA) is 49.4 Å². The van der Waals surface area contributed by atoms with Gasteiger partial charge in [-0.05, 0) is 31.9 Å². The molecule has 0 bridgehead atoms. The van der Waals surface area contributed by atoms with Crippen molar-refractivity contribution >= 4 is 11.8 Å². The Labute approximate surface area is 126 Å². The van der Waals surface area contributed by atoms with E-state index in [0.717, 1.165) is 31.5 Å². The summed E-state index contributed by atoms with van der Waals surface area (Å²) in [6, 6.07) is 7.77. The summed E-state index contributed by atoms with van der Waals surface area (Å²) in [7, 11) is 0. The first kappa shape index (κ1) is 15.5. The van der Waals surface area contributed by atoms with Gasteiger partial charge in [0, 0.05) is 30.6 Å². The molecule has 2 rings (SSSR count). The van der Waals surface area contributed by atoms with E-state index in [2.05, 4.69) is 5.32 Å². The largest absolute Gasteiger partial charge is 0.349 e. The van der Waals surface area contributed by atoms with Crippen LogP contribution in [-0.4, -0.2) is 35.8 Å². The van der Waals surface area contributed by atoms with Gasteiger partial charge in [-0.15, -0.1) is 0 Å². The zero-order chi connectivity index (χ0) is 15.4. The van der Waals surface area contributed by atoms with Gasteiger partial charge in [0.15, 0.2) is 0 Å². The molecule has 21 heavy (non-hydrogen) atoms. The third kappa shape index (κ3) is 4.06. The average Bonchev–Trinajstić information content (AvgIpc) is 2.47. The van der Waals surface area contributed by atoms with Crippen molar-refractivity contribution < 1.29 is 9.59 Å². The molecule has 1 saturated heterocycles. The number of nitrogens with zero attached hydrogens (tertiary/aromatic N) is 1. The number of hydrogen-bond acceptors (Lipinski definition) is 2. The van der Waals surface area contributed by atoms with E-state index >= 15 is 0 Å². The highest BCUT2D eigenvalue weighted by molar-refractivity contribution is 5.94. The predicted molar refractivity (Wildman–Crippen MR) is 83.1 cm³/mol. The molecule has 0 atom stereocenters. The van der Waals surface area contributed by atoms with E-state index in [-0.39, 0.29) is 23.8 Å². The Morgan fingerprint density at radius 1 is 1.24 bits per heavy atom. The fraction of sp³-hybridized carbons (Fsp3) is 0.529. The lowest BCUT2D eigenvalue weighted by atomic mass is 10.0. The van der Waals surface area contributed by atoms with Crippen molar-refractivity contribution in [3.05, 3.63) is 35.4 Å². The summed E-state index contributed by atoms with van der Waals surface area (Å²) in [5.74, 6) is 0.231. The first-order chi connectivity index (χ1) is 9.97. The number of nitrogens with one attached hydrogen (secondary N) is 1. The molecule has 1 fully saturated rings. The molecule has 1 aromatic carbocycles. The second kappa shape index (κ2) is 6.74. The van der Waals surface area contributed by atoms with Gasteiger partial charge < -0.3 is 10.2 Å². The maximum Gasteiger partial charge on any atom is 0.251 e. The van der Waals surface area contributed by atoms with Gasteiger partial charge in [0.1, 0.15) is 0 Å². The number of benzene rings is 1. The van der Waals surface area contributed by atoms with E-state index in [1.54, 1.807) is 0 Å². The molecule has 2 amide bonds.